The van der Waals surface area contributed by atoms with Crippen LogP contribution in [0.2, 0.25) is 0 Å². The highest BCUT2D eigenvalue weighted by Crippen LogP contribution is 2.26. The van der Waals surface area contributed by atoms with Crippen molar-refractivity contribution >= 4 is 10.9 Å². The van der Waals surface area contributed by atoms with Crippen molar-refractivity contribution in [2.24, 2.45) is 0 Å². The number of aromatic nitrogens is 2. The van der Waals surface area contributed by atoms with Gasteiger partial charge in [0.2, 0.25) is 0 Å². The fraction of sp³-hybridized carbons (Fsp3) is 0.316. The number of rotatable bonds is 4. The predicted octanol–water partition coefficient (Wildman–Crippen LogP) is 2.94. The number of hydrogen-bond acceptors (Lipinski definition) is 3. The summed E-state index contributed by atoms with van der Waals surface area (Å²) in [5.74, 6) is 0.229. The van der Waals surface area contributed by atoms with Crippen molar-refractivity contribution < 1.29 is 4.39 Å². The smallest absolute Gasteiger partial charge is 0.123 e. The predicted molar refractivity (Wildman–Crippen MR) is 93.3 cm³/mol. The van der Waals surface area contributed by atoms with Crippen molar-refractivity contribution in [2.45, 2.75) is 24.9 Å². The van der Waals surface area contributed by atoms with Gasteiger partial charge in [0.25, 0.3) is 0 Å². The first-order valence-corrected chi connectivity index (χ1v) is 8.41. The largest absolute Gasteiger partial charge is 0.315 e. The van der Waals surface area contributed by atoms with Crippen LogP contribution in [-0.2, 0) is 6.54 Å². The minimum atomic E-state index is -0.176. The van der Waals surface area contributed by atoms with Crippen LogP contribution in [0.4, 0.5) is 4.39 Å². The van der Waals surface area contributed by atoms with Gasteiger partial charge in [-0.05, 0) is 42.3 Å². The van der Waals surface area contributed by atoms with E-state index in [1.165, 1.54) is 11.1 Å². The molecule has 5 heteroatoms. The lowest BCUT2D eigenvalue weighted by Crippen LogP contribution is -2.47. The van der Waals surface area contributed by atoms with Gasteiger partial charge in [-0.25, -0.2) is 4.39 Å². The highest BCUT2D eigenvalue weighted by atomic mass is 19.1. The summed E-state index contributed by atoms with van der Waals surface area (Å²) in [6.07, 6.45) is 2.89. The Bertz CT molecular complexity index is 812. The van der Waals surface area contributed by atoms with E-state index in [0.29, 0.717) is 12.0 Å². The molecule has 2 atom stereocenters. The van der Waals surface area contributed by atoms with Gasteiger partial charge in [0, 0.05) is 30.4 Å². The van der Waals surface area contributed by atoms with E-state index in [1.807, 2.05) is 18.3 Å². The highest BCUT2D eigenvalue weighted by Gasteiger charge is 2.25. The Balaban J connectivity index is 1.47. The molecule has 1 saturated heterocycles. The number of nitrogens with zero attached hydrogens (tertiary/aromatic N) is 1. The van der Waals surface area contributed by atoms with Crippen molar-refractivity contribution in [3.05, 3.63) is 65.6 Å². The molecule has 0 bridgehead atoms. The summed E-state index contributed by atoms with van der Waals surface area (Å²) in [7, 11) is 0. The van der Waals surface area contributed by atoms with Gasteiger partial charge in [-0.3, -0.25) is 5.10 Å². The second kappa shape index (κ2) is 6.71. The van der Waals surface area contributed by atoms with Crippen molar-refractivity contribution in [1.29, 1.82) is 0 Å². The van der Waals surface area contributed by atoms with Crippen LogP contribution in [0.5, 0.6) is 0 Å². The van der Waals surface area contributed by atoms with E-state index >= 15 is 0 Å². The lowest BCUT2D eigenvalue weighted by Gasteiger charge is -2.33. The van der Waals surface area contributed by atoms with Gasteiger partial charge in [0.15, 0.2) is 0 Å². The molecule has 0 radical (unpaired) electrons. The number of H-pyrrole nitrogens is 1. The number of nitrogens with one attached hydrogen (secondary N) is 3. The van der Waals surface area contributed by atoms with Gasteiger partial charge in [-0.15, -0.1) is 0 Å². The SMILES string of the molecule is Fc1ccc(C2CCNCC2NCc2ccc3cn[nH]c3c2)cc1. The Morgan fingerprint density at radius 3 is 2.92 bits per heavy atom. The zero-order chi connectivity index (χ0) is 16.4. The molecule has 4 rings (SSSR count). The van der Waals surface area contributed by atoms with Gasteiger partial charge < -0.3 is 10.6 Å². The van der Waals surface area contributed by atoms with Gasteiger partial charge in [-0.2, -0.15) is 5.10 Å². The normalized spacial score (nSPS) is 21.2. The van der Waals surface area contributed by atoms with Crippen LogP contribution in [-0.4, -0.2) is 29.3 Å². The molecule has 2 unspecified atom stereocenters. The maximum absolute atomic E-state index is 13.2. The van der Waals surface area contributed by atoms with Crippen molar-refractivity contribution in [3.63, 3.8) is 0 Å². The molecule has 1 aliphatic rings. The summed E-state index contributed by atoms with van der Waals surface area (Å²) >= 11 is 0. The summed E-state index contributed by atoms with van der Waals surface area (Å²) < 4.78 is 13.2. The number of benzene rings is 2. The fourth-order valence-corrected chi connectivity index (χ4v) is 3.53. The topological polar surface area (TPSA) is 52.7 Å². The third kappa shape index (κ3) is 3.18. The van der Waals surface area contributed by atoms with E-state index in [2.05, 4.69) is 39.0 Å². The Labute approximate surface area is 140 Å². The Kier molecular flexibility index (Phi) is 4.28. The van der Waals surface area contributed by atoms with E-state index in [1.54, 1.807) is 12.1 Å². The molecule has 0 saturated carbocycles. The molecule has 3 aromatic rings. The molecule has 2 aromatic carbocycles. The van der Waals surface area contributed by atoms with Crippen LogP contribution in [0, 0.1) is 5.82 Å². The minimum absolute atomic E-state index is 0.176. The number of halogens is 1. The van der Waals surface area contributed by atoms with Crippen molar-refractivity contribution in [2.75, 3.05) is 13.1 Å². The fourth-order valence-electron chi connectivity index (χ4n) is 3.53. The standard InChI is InChI=1S/C19H21FN4/c20-16-5-3-14(4-6-16)17-7-8-21-12-19(17)22-10-13-1-2-15-11-23-24-18(15)9-13/h1-6,9,11,17,19,21-22H,7-8,10,12H2,(H,23,24). The summed E-state index contributed by atoms with van der Waals surface area (Å²) in [5.41, 5.74) is 3.50. The quantitative estimate of drug-likeness (QED) is 0.692. The van der Waals surface area contributed by atoms with Crippen molar-refractivity contribution in [1.82, 2.24) is 20.8 Å². The zero-order valence-electron chi connectivity index (χ0n) is 13.4. The van der Waals surface area contributed by atoms with Gasteiger partial charge >= 0.3 is 0 Å². The monoisotopic (exact) mass is 324 g/mol. The lowest BCUT2D eigenvalue weighted by atomic mass is 9.86. The molecule has 0 spiro atoms. The van der Waals surface area contributed by atoms with E-state index in [9.17, 15) is 4.39 Å². The van der Waals surface area contributed by atoms with Crippen LogP contribution in [0.3, 0.4) is 0 Å². The summed E-state index contributed by atoms with van der Waals surface area (Å²) in [6, 6.07) is 13.6. The van der Waals surface area contributed by atoms with Gasteiger partial charge in [-0.1, -0.05) is 24.3 Å². The average Bonchev–Trinajstić information content (AvgIpc) is 3.09. The highest BCUT2D eigenvalue weighted by molar-refractivity contribution is 5.78. The first-order valence-electron chi connectivity index (χ1n) is 8.41. The maximum atomic E-state index is 13.2. The minimum Gasteiger partial charge on any atom is -0.315 e. The molecule has 0 amide bonds. The third-order valence-corrected chi connectivity index (χ3v) is 4.85. The second-order valence-corrected chi connectivity index (χ2v) is 6.43. The number of piperidine rings is 1. The molecule has 124 valence electrons. The average molecular weight is 324 g/mol. The van der Waals surface area contributed by atoms with Crippen LogP contribution < -0.4 is 10.6 Å². The maximum Gasteiger partial charge on any atom is 0.123 e. The molecule has 2 heterocycles. The molecular weight excluding hydrogens is 303 g/mol. The molecule has 1 aromatic heterocycles. The first-order chi connectivity index (χ1) is 11.8. The number of hydrogen-bond donors (Lipinski definition) is 3. The van der Waals surface area contributed by atoms with E-state index in [4.69, 9.17) is 0 Å². The molecule has 3 N–H and O–H groups in total. The first kappa shape index (κ1) is 15.3. The van der Waals surface area contributed by atoms with E-state index in [-0.39, 0.29) is 5.82 Å². The molecule has 1 fully saturated rings. The molecule has 1 aliphatic heterocycles. The van der Waals surface area contributed by atoms with Crippen LogP contribution in [0.25, 0.3) is 10.9 Å². The van der Waals surface area contributed by atoms with Crippen LogP contribution >= 0.6 is 0 Å². The zero-order valence-corrected chi connectivity index (χ0v) is 13.4. The van der Waals surface area contributed by atoms with Crippen LogP contribution in [0.1, 0.15) is 23.5 Å². The molecule has 0 aliphatic carbocycles. The lowest BCUT2D eigenvalue weighted by molar-refractivity contribution is 0.342. The van der Waals surface area contributed by atoms with E-state index < -0.39 is 0 Å². The van der Waals surface area contributed by atoms with Gasteiger partial charge in [0.05, 0.1) is 11.7 Å². The Hall–Kier alpha value is -2.24. The van der Waals surface area contributed by atoms with Gasteiger partial charge in [0.1, 0.15) is 5.82 Å². The van der Waals surface area contributed by atoms with Crippen LogP contribution in [0.15, 0.2) is 48.7 Å². The second-order valence-electron chi connectivity index (χ2n) is 6.43. The summed E-state index contributed by atoms with van der Waals surface area (Å²) in [5, 5.41) is 15.3. The summed E-state index contributed by atoms with van der Waals surface area (Å²) in [4.78, 5) is 0. The third-order valence-electron chi connectivity index (χ3n) is 4.85. The number of aromatic amines is 1. The van der Waals surface area contributed by atoms with Crippen molar-refractivity contribution in [3.8, 4) is 0 Å². The van der Waals surface area contributed by atoms with E-state index in [0.717, 1.165) is 37.0 Å². The number of fused-ring (bicyclic) bond motifs is 1. The molecule has 4 nitrogen and oxygen atoms in total. The Morgan fingerprint density at radius 1 is 1.17 bits per heavy atom. The Morgan fingerprint density at radius 2 is 2.04 bits per heavy atom. The molecular formula is C19H21FN4. The summed E-state index contributed by atoms with van der Waals surface area (Å²) in [6.45, 7) is 2.73. The molecule has 24 heavy (non-hydrogen) atoms.